The van der Waals surface area contributed by atoms with E-state index in [4.69, 9.17) is 5.73 Å². The van der Waals surface area contributed by atoms with E-state index in [2.05, 4.69) is 26.8 Å². The second-order valence-corrected chi connectivity index (χ2v) is 5.98. The number of nitrogens with two attached hydrogens (primary N) is 1. The van der Waals surface area contributed by atoms with Crippen molar-refractivity contribution in [3.05, 3.63) is 5.56 Å². The van der Waals surface area contributed by atoms with Crippen molar-refractivity contribution in [1.29, 1.82) is 0 Å². The first kappa shape index (κ1) is 15.7. The lowest BCUT2D eigenvalue weighted by atomic mass is 10.2. The molecule has 0 aromatic carbocycles. The molecule has 0 aliphatic rings. The molecule has 4 N–H and O–H groups in total. The molecule has 1 aromatic rings. The number of nitrogen functional groups attached to an aromatic ring is 1. The van der Waals surface area contributed by atoms with E-state index < -0.39 is 0 Å². The Labute approximate surface area is 118 Å². The zero-order valence-corrected chi connectivity index (χ0v) is 13.0. The topological polar surface area (TPSA) is 83.3 Å². The van der Waals surface area contributed by atoms with Crippen LogP contribution in [-0.2, 0) is 0 Å². The van der Waals surface area contributed by atoms with Crippen LogP contribution in [0, 0.1) is 0 Å². The average molecular weight is 285 g/mol. The minimum atomic E-state index is -0.180. The van der Waals surface area contributed by atoms with E-state index in [1.807, 2.05) is 27.9 Å². The molecule has 1 aromatic heterocycles. The van der Waals surface area contributed by atoms with Crippen molar-refractivity contribution in [3.8, 4) is 0 Å². The molecule has 0 fully saturated rings. The van der Waals surface area contributed by atoms with E-state index in [1.165, 1.54) is 11.5 Å². The summed E-state index contributed by atoms with van der Waals surface area (Å²) in [6, 6.07) is 0.277. The fraction of sp³-hybridized carbons (Fsp3) is 0.667. The first-order valence-electron chi connectivity index (χ1n) is 6.28. The molecular weight excluding hydrogens is 262 g/mol. The van der Waals surface area contributed by atoms with E-state index in [-0.39, 0.29) is 23.8 Å². The second kappa shape index (κ2) is 6.72. The summed E-state index contributed by atoms with van der Waals surface area (Å²) < 4.78 is 4.06. The fourth-order valence-electron chi connectivity index (χ4n) is 1.77. The Morgan fingerprint density at radius 2 is 2.05 bits per heavy atom. The summed E-state index contributed by atoms with van der Waals surface area (Å²) in [6.07, 6.45) is 0. The third kappa shape index (κ3) is 4.68. The van der Waals surface area contributed by atoms with Gasteiger partial charge in [-0.1, -0.05) is 0 Å². The van der Waals surface area contributed by atoms with Gasteiger partial charge in [0.05, 0.1) is 0 Å². The first-order valence-corrected chi connectivity index (χ1v) is 7.05. The molecule has 1 amide bonds. The summed E-state index contributed by atoms with van der Waals surface area (Å²) in [5, 5.41) is 6.85. The predicted octanol–water partition coefficient (Wildman–Crippen LogP) is 1.23. The van der Waals surface area contributed by atoms with Gasteiger partial charge in [0, 0.05) is 18.6 Å². The Morgan fingerprint density at radius 1 is 1.42 bits per heavy atom. The van der Waals surface area contributed by atoms with Crippen LogP contribution >= 0.6 is 11.5 Å². The normalized spacial score (nSPS) is 12.8. The smallest absolute Gasteiger partial charge is 0.258 e. The molecule has 1 rings (SSSR count). The molecule has 0 radical (unpaired) electrons. The predicted molar refractivity (Wildman–Crippen MR) is 80.8 cm³/mol. The standard InChI is InChI=1S/C12H23N5OS/c1-7(2)14-11(18)9-10(13)16-19-12(9)15-8(3)6-17(4)5/h7-8,15H,6H2,1-5H3,(H2,13,16)(H,14,18). The Balaban J connectivity index is 2.82. The highest BCUT2D eigenvalue weighted by Gasteiger charge is 2.20. The van der Waals surface area contributed by atoms with Gasteiger partial charge in [-0.25, -0.2) is 0 Å². The van der Waals surface area contributed by atoms with Gasteiger partial charge in [0.2, 0.25) is 0 Å². The fourth-order valence-corrected chi connectivity index (χ4v) is 2.60. The van der Waals surface area contributed by atoms with E-state index in [1.54, 1.807) is 0 Å². The highest BCUT2D eigenvalue weighted by Crippen LogP contribution is 2.27. The van der Waals surface area contributed by atoms with E-state index in [0.29, 0.717) is 5.56 Å². The number of nitrogens with one attached hydrogen (secondary N) is 2. The third-order valence-electron chi connectivity index (χ3n) is 2.38. The van der Waals surface area contributed by atoms with Crippen LogP contribution in [0.2, 0.25) is 0 Å². The Kier molecular flexibility index (Phi) is 5.56. The van der Waals surface area contributed by atoms with Crippen molar-refractivity contribution in [1.82, 2.24) is 14.6 Å². The maximum atomic E-state index is 12.1. The molecule has 0 bridgehead atoms. The van der Waals surface area contributed by atoms with Gasteiger partial charge < -0.3 is 21.3 Å². The molecule has 0 spiro atoms. The monoisotopic (exact) mass is 285 g/mol. The Morgan fingerprint density at radius 3 is 2.58 bits per heavy atom. The zero-order chi connectivity index (χ0) is 14.6. The summed E-state index contributed by atoms with van der Waals surface area (Å²) in [7, 11) is 4.01. The molecule has 0 aliphatic carbocycles. The minimum Gasteiger partial charge on any atom is -0.382 e. The van der Waals surface area contributed by atoms with Gasteiger partial charge in [0.25, 0.3) is 5.91 Å². The van der Waals surface area contributed by atoms with Crippen LogP contribution in [0.5, 0.6) is 0 Å². The van der Waals surface area contributed by atoms with Crippen molar-refractivity contribution in [2.24, 2.45) is 0 Å². The molecule has 19 heavy (non-hydrogen) atoms. The zero-order valence-electron chi connectivity index (χ0n) is 12.2. The van der Waals surface area contributed by atoms with Gasteiger partial charge in [-0.2, -0.15) is 4.37 Å². The van der Waals surface area contributed by atoms with Gasteiger partial charge in [-0.15, -0.1) is 0 Å². The van der Waals surface area contributed by atoms with E-state index in [0.717, 1.165) is 11.5 Å². The summed E-state index contributed by atoms with van der Waals surface area (Å²) in [5.74, 6) is 0.100. The number of hydrogen-bond acceptors (Lipinski definition) is 6. The van der Waals surface area contributed by atoms with Crippen LogP contribution in [0.15, 0.2) is 0 Å². The van der Waals surface area contributed by atoms with E-state index in [9.17, 15) is 4.79 Å². The molecular formula is C12H23N5OS. The molecule has 7 heteroatoms. The number of carbonyl (C=O) groups is 1. The van der Waals surface area contributed by atoms with Crippen LogP contribution < -0.4 is 16.4 Å². The Hall–Kier alpha value is -1.34. The SMILES string of the molecule is CC(C)NC(=O)c1c(N)nsc1NC(C)CN(C)C. The lowest BCUT2D eigenvalue weighted by Crippen LogP contribution is -2.33. The van der Waals surface area contributed by atoms with Crippen LogP contribution in [0.1, 0.15) is 31.1 Å². The lowest BCUT2D eigenvalue weighted by molar-refractivity contribution is 0.0945. The third-order valence-corrected chi connectivity index (χ3v) is 3.17. The molecule has 108 valence electrons. The largest absolute Gasteiger partial charge is 0.382 e. The molecule has 1 unspecified atom stereocenters. The molecule has 1 atom stereocenters. The lowest BCUT2D eigenvalue weighted by Gasteiger charge is -2.19. The number of aromatic nitrogens is 1. The minimum absolute atomic E-state index is 0.0684. The van der Waals surface area contributed by atoms with Crippen LogP contribution in [0.25, 0.3) is 0 Å². The number of amides is 1. The molecule has 0 aliphatic heterocycles. The van der Waals surface area contributed by atoms with Crippen LogP contribution in [0.4, 0.5) is 10.8 Å². The number of nitrogens with zero attached hydrogens (tertiary/aromatic N) is 2. The number of anilines is 2. The van der Waals surface area contributed by atoms with Gasteiger partial charge >= 0.3 is 0 Å². The number of likely N-dealkylation sites (N-methyl/N-ethyl adjacent to an activating group) is 1. The van der Waals surface area contributed by atoms with Crippen molar-refractivity contribution in [2.45, 2.75) is 32.9 Å². The maximum absolute atomic E-state index is 12.1. The van der Waals surface area contributed by atoms with Crippen molar-refractivity contribution < 1.29 is 4.79 Å². The Bertz CT molecular complexity index is 430. The van der Waals surface area contributed by atoms with Crippen LogP contribution in [0.3, 0.4) is 0 Å². The van der Waals surface area contributed by atoms with Crippen LogP contribution in [-0.4, -0.2) is 47.9 Å². The highest BCUT2D eigenvalue weighted by molar-refractivity contribution is 7.11. The first-order chi connectivity index (χ1) is 8.81. The van der Waals surface area contributed by atoms with Gasteiger partial charge in [0.1, 0.15) is 10.6 Å². The number of rotatable bonds is 6. The van der Waals surface area contributed by atoms with Gasteiger partial charge in [0.15, 0.2) is 5.82 Å². The number of hydrogen-bond donors (Lipinski definition) is 3. The van der Waals surface area contributed by atoms with Crippen molar-refractivity contribution in [2.75, 3.05) is 31.7 Å². The summed E-state index contributed by atoms with van der Waals surface area (Å²) >= 11 is 1.22. The average Bonchev–Trinajstić information content (AvgIpc) is 2.57. The second-order valence-electron chi connectivity index (χ2n) is 5.21. The number of carbonyl (C=O) groups excluding carboxylic acids is 1. The highest BCUT2D eigenvalue weighted by atomic mass is 32.1. The summed E-state index contributed by atoms with van der Waals surface area (Å²) in [5.41, 5.74) is 6.23. The van der Waals surface area contributed by atoms with Crippen molar-refractivity contribution in [3.63, 3.8) is 0 Å². The van der Waals surface area contributed by atoms with Gasteiger partial charge in [-0.3, -0.25) is 4.79 Å². The summed E-state index contributed by atoms with van der Waals surface area (Å²) in [4.78, 5) is 14.2. The van der Waals surface area contributed by atoms with Crippen molar-refractivity contribution >= 4 is 28.3 Å². The molecule has 0 saturated carbocycles. The molecule has 1 heterocycles. The van der Waals surface area contributed by atoms with E-state index >= 15 is 0 Å². The molecule has 0 saturated heterocycles. The van der Waals surface area contributed by atoms with Gasteiger partial charge in [-0.05, 0) is 46.4 Å². The maximum Gasteiger partial charge on any atom is 0.258 e. The quantitative estimate of drug-likeness (QED) is 0.732. The summed E-state index contributed by atoms with van der Waals surface area (Å²) in [6.45, 7) is 6.74. The molecule has 6 nitrogen and oxygen atoms in total.